The minimum absolute atomic E-state index is 0.0533. The number of nitrogens with zero attached hydrogens (tertiary/aromatic N) is 5. The van der Waals surface area contributed by atoms with Crippen LogP contribution in [-0.2, 0) is 4.79 Å². The lowest BCUT2D eigenvalue weighted by atomic mass is 10.1. The molecular formula is C26H25ClFN5O2. The summed E-state index contributed by atoms with van der Waals surface area (Å²) in [5, 5.41) is 8.92. The predicted octanol–water partition coefficient (Wildman–Crippen LogP) is 3.91. The van der Waals surface area contributed by atoms with E-state index in [0.29, 0.717) is 48.3 Å². The van der Waals surface area contributed by atoms with Crippen LogP contribution in [0.5, 0.6) is 0 Å². The van der Waals surface area contributed by atoms with Crippen LogP contribution < -0.4 is 4.90 Å². The van der Waals surface area contributed by atoms with Gasteiger partial charge in [-0.25, -0.2) is 4.39 Å². The predicted molar refractivity (Wildman–Crippen MR) is 134 cm³/mol. The second-order valence-electron chi connectivity index (χ2n) is 8.11. The Morgan fingerprint density at radius 3 is 2.34 bits per heavy atom. The Labute approximate surface area is 208 Å². The van der Waals surface area contributed by atoms with E-state index in [2.05, 4.69) is 21.7 Å². The van der Waals surface area contributed by atoms with Crippen molar-refractivity contribution in [1.29, 1.82) is 0 Å². The molecule has 180 valence electrons. The van der Waals surface area contributed by atoms with Gasteiger partial charge in [0.15, 0.2) is 5.82 Å². The zero-order valence-electron chi connectivity index (χ0n) is 19.1. The SMILES string of the molecule is C=CCN(CC(=O)N1CCN(c2ccc(-c3ccc(F)cc3)nn2)CC1)C(=O)c1ccccc1Cl. The quantitative estimate of drug-likeness (QED) is 0.467. The van der Waals surface area contributed by atoms with Gasteiger partial charge in [-0.05, 0) is 48.5 Å². The molecule has 0 N–H and O–H groups in total. The van der Waals surface area contributed by atoms with Gasteiger partial charge in [0.05, 0.1) is 16.3 Å². The number of aromatic nitrogens is 2. The molecule has 7 nitrogen and oxygen atoms in total. The number of hydrogen-bond donors (Lipinski definition) is 0. The van der Waals surface area contributed by atoms with Crippen LogP contribution >= 0.6 is 11.6 Å². The number of amides is 2. The molecule has 1 aliphatic heterocycles. The number of anilines is 1. The summed E-state index contributed by atoms with van der Waals surface area (Å²) >= 11 is 6.17. The van der Waals surface area contributed by atoms with E-state index < -0.39 is 0 Å². The molecule has 0 aliphatic carbocycles. The van der Waals surface area contributed by atoms with Gasteiger partial charge in [0, 0.05) is 38.3 Å². The van der Waals surface area contributed by atoms with E-state index in [4.69, 9.17) is 11.6 Å². The van der Waals surface area contributed by atoms with Crippen LogP contribution in [0.3, 0.4) is 0 Å². The van der Waals surface area contributed by atoms with Gasteiger partial charge < -0.3 is 14.7 Å². The van der Waals surface area contributed by atoms with Crippen LogP contribution in [0.15, 0.2) is 73.3 Å². The van der Waals surface area contributed by atoms with E-state index in [-0.39, 0.29) is 30.7 Å². The maximum absolute atomic E-state index is 13.1. The van der Waals surface area contributed by atoms with Crippen LogP contribution in [0.4, 0.5) is 10.2 Å². The molecule has 1 aliphatic rings. The van der Waals surface area contributed by atoms with Gasteiger partial charge in [-0.2, -0.15) is 0 Å². The van der Waals surface area contributed by atoms with Crippen molar-refractivity contribution in [2.75, 3.05) is 44.2 Å². The number of carbonyl (C=O) groups is 2. The van der Waals surface area contributed by atoms with Crippen LogP contribution in [0, 0.1) is 5.82 Å². The number of benzene rings is 2. The molecule has 0 bridgehead atoms. The lowest BCUT2D eigenvalue weighted by molar-refractivity contribution is -0.132. The molecule has 0 spiro atoms. The topological polar surface area (TPSA) is 69.6 Å². The zero-order chi connectivity index (χ0) is 24.8. The third kappa shape index (κ3) is 5.84. The second-order valence-corrected chi connectivity index (χ2v) is 8.51. The highest BCUT2D eigenvalue weighted by Crippen LogP contribution is 2.20. The molecule has 2 aromatic carbocycles. The fourth-order valence-electron chi connectivity index (χ4n) is 3.90. The maximum atomic E-state index is 13.1. The summed E-state index contributed by atoms with van der Waals surface area (Å²) in [5.41, 5.74) is 1.81. The molecule has 1 saturated heterocycles. The lowest BCUT2D eigenvalue weighted by Crippen LogP contribution is -2.52. The van der Waals surface area contributed by atoms with Crippen LogP contribution in [0.2, 0.25) is 5.02 Å². The second kappa shape index (κ2) is 11.1. The highest BCUT2D eigenvalue weighted by Gasteiger charge is 2.26. The first kappa shape index (κ1) is 24.3. The van der Waals surface area contributed by atoms with Crippen LogP contribution in [0.25, 0.3) is 11.3 Å². The summed E-state index contributed by atoms with van der Waals surface area (Å²) in [7, 11) is 0. The number of piperazine rings is 1. The molecule has 1 aromatic heterocycles. The molecule has 4 rings (SSSR count). The number of hydrogen-bond acceptors (Lipinski definition) is 5. The summed E-state index contributed by atoms with van der Waals surface area (Å²) in [6, 6.07) is 16.6. The first-order valence-electron chi connectivity index (χ1n) is 11.2. The summed E-state index contributed by atoms with van der Waals surface area (Å²) in [6.45, 7) is 6.08. The van der Waals surface area contributed by atoms with Crippen LogP contribution in [-0.4, -0.2) is 71.1 Å². The van der Waals surface area contributed by atoms with Crippen LogP contribution in [0.1, 0.15) is 10.4 Å². The number of carbonyl (C=O) groups excluding carboxylic acids is 2. The Hall–Kier alpha value is -3.78. The number of rotatable bonds is 7. The van der Waals surface area contributed by atoms with E-state index in [9.17, 15) is 14.0 Å². The van der Waals surface area contributed by atoms with Gasteiger partial charge in [-0.3, -0.25) is 9.59 Å². The van der Waals surface area contributed by atoms with Gasteiger partial charge in [0.25, 0.3) is 5.91 Å². The van der Waals surface area contributed by atoms with E-state index in [1.165, 1.54) is 17.0 Å². The van der Waals surface area contributed by atoms with Crippen molar-refractivity contribution in [2.45, 2.75) is 0 Å². The highest BCUT2D eigenvalue weighted by atomic mass is 35.5. The van der Waals surface area contributed by atoms with E-state index in [0.717, 1.165) is 5.56 Å². The third-order valence-electron chi connectivity index (χ3n) is 5.81. The molecule has 0 atom stereocenters. The lowest BCUT2D eigenvalue weighted by Gasteiger charge is -2.36. The number of halogens is 2. The van der Waals surface area contributed by atoms with E-state index in [1.807, 2.05) is 12.1 Å². The fraction of sp³-hybridized carbons (Fsp3) is 0.231. The summed E-state index contributed by atoms with van der Waals surface area (Å²) in [6.07, 6.45) is 1.59. The van der Waals surface area contributed by atoms with E-state index >= 15 is 0 Å². The van der Waals surface area contributed by atoms with Gasteiger partial charge in [0.2, 0.25) is 5.91 Å². The molecule has 35 heavy (non-hydrogen) atoms. The Morgan fingerprint density at radius 1 is 1.00 bits per heavy atom. The molecule has 0 saturated carbocycles. The van der Waals surface area contributed by atoms with Crippen molar-refractivity contribution in [1.82, 2.24) is 20.0 Å². The Kier molecular flexibility index (Phi) is 7.72. The van der Waals surface area contributed by atoms with Gasteiger partial charge in [-0.1, -0.05) is 29.8 Å². The first-order chi connectivity index (χ1) is 17.0. The minimum atomic E-state index is -0.306. The summed E-state index contributed by atoms with van der Waals surface area (Å²) in [5.74, 6) is -0.0274. The molecule has 2 amide bonds. The molecule has 9 heteroatoms. The van der Waals surface area contributed by atoms with Gasteiger partial charge in [-0.15, -0.1) is 16.8 Å². The molecule has 0 radical (unpaired) electrons. The van der Waals surface area contributed by atoms with Crippen molar-refractivity contribution < 1.29 is 14.0 Å². The maximum Gasteiger partial charge on any atom is 0.256 e. The Balaban J connectivity index is 1.34. The smallest absolute Gasteiger partial charge is 0.256 e. The Bertz CT molecular complexity index is 1200. The molecule has 3 aromatic rings. The fourth-order valence-corrected chi connectivity index (χ4v) is 4.11. The highest BCUT2D eigenvalue weighted by molar-refractivity contribution is 6.33. The monoisotopic (exact) mass is 493 g/mol. The zero-order valence-corrected chi connectivity index (χ0v) is 19.9. The van der Waals surface area contributed by atoms with Crippen molar-refractivity contribution >= 4 is 29.2 Å². The van der Waals surface area contributed by atoms with Gasteiger partial charge in [0.1, 0.15) is 12.4 Å². The first-order valence-corrected chi connectivity index (χ1v) is 11.6. The Morgan fingerprint density at radius 2 is 1.71 bits per heavy atom. The molecule has 1 fully saturated rings. The minimum Gasteiger partial charge on any atom is -0.352 e. The van der Waals surface area contributed by atoms with Crippen molar-refractivity contribution in [3.63, 3.8) is 0 Å². The molecule has 0 unspecified atom stereocenters. The molecule has 2 heterocycles. The third-order valence-corrected chi connectivity index (χ3v) is 6.14. The van der Waals surface area contributed by atoms with Crippen molar-refractivity contribution in [2.24, 2.45) is 0 Å². The summed E-state index contributed by atoms with van der Waals surface area (Å²) < 4.78 is 13.1. The largest absolute Gasteiger partial charge is 0.352 e. The average molecular weight is 494 g/mol. The van der Waals surface area contributed by atoms with Gasteiger partial charge >= 0.3 is 0 Å². The van der Waals surface area contributed by atoms with Crippen molar-refractivity contribution in [3.8, 4) is 11.3 Å². The molecular weight excluding hydrogens is 469 g/mol. The van der Waals surface area contributed by atoms with Crippen molar-refractivity contribution in [3.05, 3.63) is 89.7 Å². The standard InChI is InChI=1S/C26H25ClFN5O2/c1-2-13-33(26(35)21-5-3-4-6-22(21)27)18-25(34)32-16-14-31(15-17-32)24-12-11-23(29-30-24)19-7-9-20(28)10-8-19/h2-12H,1,13-18H2. The normalized spacial score (nSPS) is 13.4. The van der Waals surface area contributed by atoms with E-state index in [1.54, 1.807) is 47.4 Å². The summed E-state index contributed by atoms with van der Waals surface area (Å²) in [4.78, 5) is 31.1. The average Bonchev–Trinajstić information content (AvgIpc) is 2.89.